The monoisotopic (exact) mass is 231 g/mol. The minimum absolute atomic E-state index is 0.462. The van der Waals surface area contributed by atoms with Gasteiger partial charge in [-0.15, -0.1) is 0 Å². The molecule has 1 saturated carbocycles. The lowest BCUT2D eigenvalue weighted by atomic mass is 9.78. The molecule has 1 aromatic rings. The van der Waals surface area contributed by atoms with Gasteiger partial charge in [0, 0.05) is 12.1 Å². The van der Waals surface area contributed by atoms with Crippen molar-refractivity contribution in [3.8, 4) is 0 Å². The van der Waals surface area contributed by atoms with Gasteiger partial charge in [0.1, 0.15) is 0 Å². The first kappa shape index (κ1) is 12.6. The molecule has 1 aliphatic rings. The van der Waals surface area contributed by atoms with E-state index in [4.69, 9.17) is 0 Å². The zero-order valence-corrected chi connectivity index (χ0v) is 11.3. The first-order valence-corrected chi connectivity index (χ1v) is 6.99. The lowest BCUT2D eigenvalue weighted by Crippen LogP contribution is -2.43. The maximum Gasteiger partial charge on any atom is 0.0294 e. The van der Waals surface area contributed by atoms with Crippen molar-refractivity contribution >= 4 is 0 Å². The van der Waals surface area contributed by atoms with Crippen LogP contribution in [-0.4, -0.2) is 6.04 Å². The lowest BCUT2D eigenvalue weighted by Gasteiger charge is -2.37. The molecule has 1 aromatic carbocycles. The standard InChI is InChI=1S/C16H25N/c1-12-8-7-9-13(2)16(12)17-14(3)15-10-5-4-6-11-15/h4-6,10-14,16-17H,7-9H2,1-3H3. The van der Waals surface area contributed by atoms with E-state index in [1.54, 1.807) is 0 Å². The Labute approximate surface area is 106 Å². The van der Waals surface area contributed by atoms with Crippen molar-refractivity contribution in [3.05, 3.63) is 35.9 Å². The van der Waals surface area contributed by atoms with E-state index in [9.17, 15) is 0 Å². The highest BCUT2D eigenvalue weighted by atomic mass is 15.0. The Morgan fingerprint density at radius 2 is 1.65 bits per heavy atom. The fourth-order valence-electron chi connectivity index (χ4n) is 3.14. The summed E-state index contributed by atoms with van der Waals surface area (Å²) < 4.78 is 0. The quantitative estimate of drug-likeness (QED) is 0.823. The number of nitrogens with one attached hydrogen (secondary N) is 1. The fraction of sp³-hybridized carbons (Fsp3) is 0.625. The second-order valence-corrected chi connectivity index (χ2v) is 5.71. The highest BCUT2D eigenvalue weighted by molar-refractivity contribution is 5.18. The number of hydrogen-bond donors (Lipinski definition) is 1. The summed E-state index contributed by atoms with van der Waals surface area (Å²) in [7, 11) is 0. The molecule has 3 atom stereocenters. The summed E-state index contributed by atoms with van der Waals surface area (Å²) in [5.41, 5.74) is 1.40. The molecule has 3 unspecified atom stereocenters. The average molecular weight is 231 g/mol. The largest absolute Gasteiger partial charge is 0.307 e. The van der Waals surface area contributed by atoms with Crippen LogP contribution in [0.4, 0.5) is 0 Å². The molecular formula is C16H25N. The Balaban J connectivity index is 2.00. The smallest absolute Gasteiger partial charge is 0.0294 e. The molecule has 0 spiro atoms. The molecule has 2 rings (SSSR count). The first-order valence-electron chi connectivity index (χ1n) is 6.99. The van der Waals surface area contributed by atoms with E-state index in [-0.39, 0.29) is 0 Å². The third-order valence-corrected chi connectivity index (χ3v) is 4.29. The van der Waals surface area contributed by atoms with E-state index in [2.05, 4.69) is 56.4 Å². The van der Waals surface area contributed by atoms with E-state index >= 15 is 0 Å². The Bertz CT molecular complexity index is 323. The highest BCUT2D eigenvalue weighted by Crippen LogP contribution is 2.30. The van der Waals surface area contributed by atoms with Crippen molar-refractivity contribution < 1.29 is 0 Å². The van der Waals surface area contributed by atoms with Crippen LogP contribution in [0, 0.1) is 11.8 Å². The minimum Gasteiger partial charge on any atom is -0.307 e. The number of rotatable bonds is 3. The van der Waals surface area contributed by atoms with Gasteiger partial charge in [-0.05, 0) is 37.2 Å². The van der Waals surface area contributed by atoms with Crippen molar-refractivity contribution in [2.24, 2.45) is 11.8 Å². The van der Waals surface area contributed by atoms with Gasteiger partial charge in [0.2, 0.25) is 0 Å². The topological polar surface area (TPSA) is 12.0 Å². The van der Waals surface area contributed by atoms with Gasteiger partial charge in [0.05, 0.1) is 0 Å². The highest BCUT2D eigenvalue weighted by Gasteiger charge is 2.28. The molecule has 0 aromatic heterocycles. The predicted molar refractivity (Wildman–Crippen MR) is 74.0 cm³/mol. The van der Waals surface area contributed by atoms with Crippen molar-refractivity contribution in [1.82, 2.24) is 5.32 Å². The van der Waals surface area contributed by atoms with Gasteiger partial charge < -0.3 is 5.32 Å². The zero-order valence-electron chi connectivity index (χ0n) is 11.3. The van der Waals surface area contributed by atoms with Crippen LogP contribution in [0.15, 0.2) is 30.3 Å². The van der Waals surface area contributed by atoms with Gasteiger partial charge in [0.25, 0.3) is 0 Å². The molecule has 0 bridgehead atoms. The van der Waals surface area contributed by atoms with Crippen LogP contribution >= 0.6 is 0 Å². The summed E-state index contributed by atoms with van der Waals surface area (Å²) in [4.78, 5) is 0. The Kier molecular flexibility index (Phi) is 4.22. The minimum atomic E-state index is 0.462. The summed E-state index contributed by atoms with van der Waals surface area (Å²) >= 11 is 0. The summed E-state index contributed by atoms with van der Waals surface area (Å²) in [5, 5.41) is 3.83. The normalized spacial score (nSPS) is 31.1. The van der Waals surface area contributed by atoms with Crippen LogP contribution in [0.2, 0.25) is 0 Å². The van der Waals surface area contributed by atoms with E-state index in [0.717, 1.165) is 11.8 Å². The molecule has 1 nitrogen and oxygen atoms in total. The second-order valence-electron chi connectivity index (χ2n) is 5.71. The molecule has 17 heavy (non-hydrogen) atoms. The Hall–Kier alpha value is -0.820. The van der Waals surface area contributed by atoms with Crippen molar-refractivity contribution in [2.45, 2.75) is 52.1 Å². The number of benzene rings is 1. The van der Waals surface area contributed by atoms with Crippen molar-refractivity contribution in [1.29, 1.82) is 0 Å². The third-order valence-electron chi connectivity index (χ3n) is 4.29. The average Bonchev–Trinajstić information content (AvgIpc) is 2.35. The van der Waals surface area contributed by atoms with E-state index < -0.39 is 0 Å². The summed E-state index contributed by atoms with van der Waals surface area (Å²) in [6.45, 7) is 7.07. The molecule has 1 N–H and O–H groups in total. The van der Waals surface area contributed by atoms with E-state index in [1.165, 1.54) is 24.8 Å². The molecule has 1 aliphatic carbocycles. The van der Waals surface area contributed by atoms with E-state index in [0.29, 0.717) is 12.1 Å². The maximum atomic E-state index is 3.83. The first-order chi connectivity index (χ1) is 8.18. The molecule has 0 saturated heterocycles. The van der Waals surface area contributed by atoms with Gasteiger partial charge in [-0.25, -0.2) is 0 Å². The SMILES string of the molecule is CC(NC1C(C)CCCC1C)c1ccccc1. The lowest BCUT2D eigenvalue weighted by molar-refractivity contribution is 0.196. The third kappa shape index (κ3) is 3.10. The zero-order chi connectivity index (χ0) is 12.3. The van der Waals surface area contributed by atoms with Gasteiger partial charge in [-0.2, -0.15) is 0 Å². The maximum absolute atomic E-state index is 3.83. The van der Waals surface area contributed by atoms with Crippen molar-refractivity contribution in [2.75, 3.05) is 0 Å². The van der Waals surface area contributed by atoms with Gasteiger partial charge in [-0.3, -0.25) is 0 Å². The van der Waals surface area contributed by atoms with Gasteiger partial charge in [-0.1, -0.05) is 50.6 Å². The van der Waals surface area contributed by atoms with Crippen molar-refractivity contribution in [3.63, 3.8) is 0 Å². The molecule has 94 valence electrons. The predicted octanol–water partition coefficient (Wildman–Crippen LogP) is 4.16. The summed E-state index contributed by atoms with van der Waals surface area (Å²) in [6.07, 6.45) is 4.16. The van der Waals surface area contributed by atoms with Crippen LogP contribution in [0.3, 0.4) is 0 Å². The van der Waals surface area contributed by atoms with Gasteiger partial charge in [0.15, 0.2) is 0 Å². The molecule has 0 heterocycles. The van der Waals surface area contributed by atoms with Gasteiger partial charge >= 0.3 is 0 Å². The van der Waals surface area contributed by atoms with Crippen LogP contribution in [0.25, 0.3) is 0 Å². The fourth-order valence-corrected chi connectivity index (χ4v) is 3.14. The Morgan fingerprint density at radius 3 is 2.24 bits per heavy atom. The molecule has 1 fully saturated rings. The van der Waals surface area contributed by atoms with Crippen LogP contribution < -0.4 is 5.32 Å². The molecular weight excluding hydrogens is 206 g/mol. The number of hydrogen-bond acceptors (Lipinski definition) is 1. The molecule has 0 aliphatic heterocycles. The Morgan fingerprint density at radius 1 is 1.06 bits per heavy atom. The van der Waals surface area contributed by atoms with Crippen LogP contribution in [0.1, 0.15) is 51.6 Å². The molecule has 0 amide bonds. The summed E-state index contributed by atoms with van der Waals surface area (Å²) in [5.74, 6) is 1.62. The second kappa shape index (κ2) is 5.68. The van der Waals surface area contributed by atoms with Crippen LogP contribution in [0.5, 0.6) is 0 Å². The van der Waals surface area contributed by atoms with Crippen LogP contribution in [-0.2, 0) is 0 Å². The van der Waals surface area contributed by atoms with E-state index in [1.807, 2.05) is 0 Å². The molecule has 0 radical (unpaired) electrons. The summed E-state index contributed by atoms with van der Waals surface area (Å²) in [6, 6.07) is 11.9. The molecule has 1 heteroatoms.